The molecule has 14 fully saturated rings. The van der Waals surface area contributed by atoms with Gasteiger partial charge in [0.25, 0.3) is 0 Å². The Hall–Kier alpha value is 7.30. The van der Waals surface area contributed by atoms with Crippen LogP contribution in [0.1, 0.15) is 406 Å². The number of alkyl halides is 1. The van der Waals surface area contributed by atoms with Crippen LogP contribution in [0.25, 0.3) is 0 Å². The zero-order chi connectivity index (χ0) is 109. The van der Waals surface area contributed by atoms with Crippen LogP contribution in [0.2, 0.25) is 0 Å². The van der Waals surface area contributed by atoms with Gasteiger partial charge in [0.15, 0.2) is 0 Å². The van der Waals surface area contributed by atoms with Gasteiger partial charge in [0.05, 0.1) is 55.9 Å². The van der Waals surface area contributed by atoms with Crippen molar-refractivity contribution in [2.75, 3.05) is 101 Å². The summed E-state index contributed by atoms with van der Waals surface area (Å²) in [5.74, 6) is 11.4. The van der Waals surface area contributed by atoms with Gasteiger partial charge in [-0.3, -0.25) is 0 Å². The predicted molar refractivity (Wildman–Crippen MR) is 645 cm³/mol. The van der Waals surface area contributed by atoms with Gasteiger partial charge in [0.2, 0.25) is 8.59 Å². The fraction of sp³-hybridized carbons (Fsp3) is 0.983. The summed E-state index contributed by atoms with van der Waals surface area (Å²) in [7, 11) is 0. The third-order valence-electron chi connectivity index (χ3n) is 40.2. The van der Waals surface area contributed by atoms with E-state index >= 15 is 0 Å². The van der Waals surface area contributed by atoms with Crippen LogP contribution in [0.15, 0.2) is 0 Å². The minimum atomic E-state index is -0.223. The number of aldehydes is 2. The van der Waals surface area contributed by atoms with Crippen molar-refractivity contribution in [3.8, 4) is 0 Å². The van der Waals surface area contributed by atoms with E-state index in [9.17, 15) is 60.7 Å². The SMILES string of the molecule is C.C.C.C.C.C.C.CS.CS.CS.CS.CS.CS.C[C@H](CO)[C@H]1CCC2[C@@H](O)CCC[C@@]21C.[3H]O[C@H]1CCC[C@@]2(C)C1CC[C@@H]2[C@H](C)CC(CO)CO.[3H]O[C@H]1CCC[C@@]2(C)C1CC[C@@H]2[C@H](C)CC(CO)CO.[3H]O[C@H]1CCC[C@@]2(C)C1CC[C@@H]2[C@H](C)CC(CO)CO.[3H]O[C@H]1CCC[C@@]2(C)C1CC[C@@H]2[C@H](C)CI.[3H]O[C@H]1CCC[C@@]2(C)C1CC[C@@H]2[C@H](C)C[C@@H](C=O)CO.[3H]O[C@H]1CCC[C@@]2(C)C1CC[C@@H]2[C@H](C)C[C@H](C=O)CO.[Ac].[Ac].[Ac].[Ac]. The molecule has 0 aromatic rings. The predicted octanol–water partition coefficient (Wildman–Crippen LogP) is 24.9. The average molecular weight is 3200 g/mol. The number of rotatable bonds is 35. The Balaban J connectivity index is -0.000000191. The van der Waals surface area contributed by atoms with Gasteiger partial charge in [0.1, 0.15) is 12.6 Å². The first kappa shape index (κ1) is 162. The maximum atomic E-state index is 10.9. The normalized spacial score (nSPS) is 36.7. The summed E-state index contributed by atoms with van der Waals surface area (Å²) in [6, 6.07) is 0. The molecule has 18 nitrogen and oxygen atoms in total. The van der Waals surface area contributed by atoms with E-state index in [0.717, 1.165) is 179 Å². The van der Waals surface area contributed by atoms with E-state index in [1.165, 1.54) is 107 Å². The second-order valence-electron chi connectivity index (χ2n) is 47.3. The van der Waals surface area contributed by atoms with E-state index < -0.39 is 0 Å². The molecule has 14 aliphatic rings. The molecule has 16 N–H and O–H groups in total. The van der Waals surface area contributed by atoms with Gasteiger partial charge < -0.3 is 91.3 Å². The van der Waals surface area contributed by atoms with E-state index in [0.29, 0.717) is 130 Å². The molecule has 0 bridgehead atoms. The van der Waals surface area contributed by atoms with Gasteiger partial charge >= 0.3 is 0 Å². The molecule has 37 atom stereocenters. The van der Waals surface area contributed by atoms with Crippen LogP contribution in [-0.4, -0.2) is 247 Å². The number of carbonyl (C=O) groups is 2. The molecule has 29 heteroatoms. The van der Waals surface area contributed by atoms with Crippen LogP contribution in [0.5, 0.6) is 0 Å². The summed E-state index contributed by atoms with van der Waals surface area (Å²) < 4.78 is 45.1. The van der Waals surface area contributed by atoms with Crippen LogP contribution in [0.3, 0.4) is 0 Å². The number of hydrogen-bond acceptors (Lipinski definition) is 24. The monoisotopic (exact) mass is 3200 g/mol. The summed E-state index contributed by atoms with van der Waals surface area (Å²) >= 11 is 23.7. The summed E-state index contributed by atoms with van der Waals surface area (Å²) in [6.07, 6.45) is 57.6. The van der Waals surface area contributed by atoms with Crippen LogP contribution in [0.4, 0.5) is 0 Å². The molecule has 148 heavy (non-hydrogen) atoms. The molecule has 4 radical (unpaired) electrons. The summed E-state index contributed by atoms with van der Waals surface area (Å²) in [5.41, 5.74) is 2.06. The molecule has 0 aromatic carbocycles. The molecular weight excluding hydrogens is 2940 g/mol. The van der Waals surface area contributed by atoms with Crippen molar-refractivity contribution in [1.29, 1.82) is 8.59 Å². The smallest absolute Gasteiger partial charge is 0.210 e. The van der Waals surface area contributed by atoms with Gasteiger partial charge in [-0.25, -0.2) is 0 Å². The third kappa shape index (κ3) is 46.9. The van der Waals surface area contributed by atoms with Crippen LogP contribution in [-0.2, 0) is 9.59 Å². The first-order valence-electron chi connectivity index (χ1n) is 57.0. The molecular formula is C119H245Ac4IO18S6. The van der Waals surface area contributed by atoms with Crippen molar-refractivity contribution < 1.29 is 268 Å². The Morgan fingerprint density at radius 2 is 0.405 bits per heavy atom. The second-order valence-corrected chi connectivity index (χ2v) is 48.2. The molecule has 0 aromatic heterocycles. The molecule has 0 aliphatic heterocycles. The summed E-state index contributed by atoms with van der Waals surface area (Å²) in [4.78, 5) is 21.9. The van der Waals surface area contributed by atoms with Crippen LogP contribution >= 0.6 is 98.4 Å². The maximum absolute atomic E-state index is 10.9. The topological polar surface area (TPSA) is 358 Å². The van der Waals surface area contributed by atoms with Gasteiger partial charge in [-0.2, -0.15) is 75.8 Å². The second kappa shape index (κ2) is 90.4. The molecule has 0 heterocycles. The van der Waals surface area contributed by atoms with E-state index in [1.807, 2.05) is 0 Å². The van der Waals surface area contributed by atoms with Crippen LogP contribution < -0.4 is 0 Å². The number of carbonyl (C=O) groups excluding carboxylic acids is 2. The molecule has 884 valence electrons. The van der Waals surface area contributed by atoms with Gasteiger partial charge in [0, 0.05) is 257 Å². The average Bonchev–Trinajstić information content (AvgIpc) is 1.31. The first-order valence-corrected chi connectivity index (χ1v) is 61.5. The molecule has 0 spiro atoms. The number of aliphatic hydroxyl groups is 16. The summed E-state index contributed by atoms with van der Waals surface area (Å²) in [6.45, 7) is 33.1. The molecule has 14 rings (SSSR count). The Morgan fingerprint density at radius 1 is 0.250 bits per heavy atom. The minimum absolute atomic E-state index is 0. The van der Waals surface area contributed by atoms with E-state index in [-0.39, 0.29) is 380 Å². The zero-order valence-corrected chi connectivity index (χ0v) is 119. The van der Waals surface area contributed by atoms with Gasteiger partial charge in [-0.1, -0.05) is 216 Å². The molecule has 14 aliphatic carbocycles. The van der Waals surface area contributed by atoms with Crippen molar-refractivity contribution in [3.63, 3.8) is 0 Å². The Kier molecular flexibility index (Phi) is 98.6. The number of thiol groups is 6. The third-order valence-corrected chi connectivity index (χ3v) is 41.6. The van der Waals surface area contributed by atoms with Crippen LogP contribution in [0, 0.1) is 368 Å². The largest absolute Gasteiger partial charge is 0.396 e. The van der Waals surface area contributed by atoms with Crippen molar-refractivity contribution in [1.82, 2.24) is 0 Å². The molecule has 7 unspecified atom stereocenters. The van der Waals surface area contributed by atoms with Crippen molar-refractivity contribution >= 4 is 111 Å². The molecule has 14 saturated carbocycles. The Morgan fingerprint density at radius 3 is 0.554 bits per heavy atom. The zero-order valence-electron chi connectivity index (χ0n) is 98.2. The van der Waals surface area contributed by atoms with Gasteiger partial charge in [-0.05, 0) is 412 Å². The van der Waals surface area contributed by atoms with Crippen molar-refractivity contribution in [3.05, 3.63) is 0 Å². The molecule has 0 saturated heterocycles. The van der Waals surface area contributed by atoms with E-state index in [4.69, 9.17) is 39.2 Å². The van der Waals surface area contributed by atoms with Crippen molar-refractivity contribution in [2.45, 2.75) is 448 Å². The number of fused-ring (bicyclic) bond motifs is 7. The standard InChI is InChI=1S/3C16H30O3.2C16H28O3.C13H23IO.C13H24O2.6CH4S.7CH4.4Ac/c5*1-11(8-12(9-17)10-18)13-5-6-14-15(19)4-3-7-16(13,14)2;2*1-9(8-14)10-5-6-11-12(15)4-3-7-13(10,11)2;6*1-2;;;;;;;;;;;/h3*11-15,17-19H,3-10H2,1-2H3;2*9,11-15,18-19H,3-8,10H2,1-2H3;9-12,15H,3-8H2,1-2H3;9-12,14-15H,3-8H2,1-2H3;6*2H,1H3;7*1H4;;;;/t3*11-,13-,14?,15+,16-;11-,12+,13-,14?,15+,16-;11-,12-,13-,14?,15+,16-;2*9-,10-,11?,12+,13-;;;;;;;;;;;;;;;;;/m1111111................./s1/i5*19T;15T;;;;;;;;;;;;;;;;;;. The number of halogens is 1. The minimum Gasteiger partial charge on any atom is -0.396 e. The number of aliphatic hydroxyl groups excluding tert-OH is 16. The fourth-order valence-electron chi connectivity index (χ4n) is 33.2. The Bertz CT molecular complexity index is 3070. The molecule has 0 amide bonds. The summed E-state index contributed by atoms with van der Waals surface area (Å²) in [5, 5.41) is 123. The fourth-order valence-corrected chi connectivity index (χ4v) is 33.9. The van der Waals surface area contributed by atoms with E-state index in [2.05, 4.69) is 195 Å². The number of hydrogen-bond donors (Lipinski definition) is 22. The van der Waals surface area contributed by atoms with E-state index in [1.54, 1.807) is 37.5 Å². The quantitative estimate of drug-likeness (QED) is 0.0121. The first-order chi connectivity index (χ1) is 68.5. The maximum Gasteiger partial charge on any atom is 0.210 e. The van der Waals surface area contributed by atoms with Gasteiger partial charge in [-0.15, -0.1) is 0 Å². The Labute approximate surface area is 1110 Å². The van der Waals surface area contributed by atoms with Crippen molar-refractivity contribution in [2.24, 2.45) is 192 Å².